The summed E-state index contributed by atoms with van der Waals surface area (Å²) < 4.78 is 18.7. The van der Waals surface area contributed by atoms with Gasteiger partial charge in [-0.2, -0.15) is 0 Å². The molecular formula is C20H15FN2O4S. The second-order valence-electron chi connectivity index (χ2n) is 6.33. The minimum atomic E-state index is -0.968. The van der Waals surface area contributed by atoms with Crippen LogP contribution in [0.4, 0.5) is 9.52 Å². The van der Waals surface area contributed by atoms with Gasteiger partial charge in [0.2, 0.25) is 0 Å². The van der Waals surface area contributed by atoms with Crippen molar-refractivity contribution in [3.05, 3.63) is 75.9 Å². The summed E-state index contributed by atoms with van der Waals surface area (Å²) in [6.45, 7) is 3.68. The Balaban J connectivity index is 1.92. The number of carbonyl (C=O) groups is 2. The zero-order chi connectivity index (χ0) is 20.0. The minimum Gasteiger partial charge on any atom is -0.507 e. The van der Waals surface area contributed by atoms with Crippen LogP contribution in [0.25, 0.3) is 5.76 Å². The molecule has 2 aromatic heterocycles. The van der Waals surface area contributed by atoms with Crippen molar-refractivity contribution in [1.29, 1.82) is 0 Å². The van der Waals surface area contributed by atoms with E-state index in [1.165, 1.54) is 46.8 Å². The molecule has 1 aromatic carbocycles. The summed E-state index contributed by atoms with van der Waals surface area (Å²) in [5, 5.41) is 11.1. The van der Waals surface area contributed by atoms with E-state index in [1.54, 1.807) is 12.1 Å². The molecule has 1 fully saturated rings. The van der Waals surface area contributed by atoms with Crippen LogP contribution in [0.2, 0.25) is 0 Å². The Labute approximate surface area is 163 Å². The topological polar surface area (TPSA) is 83.6 Å². The van der Waals surface area contributed by atoms with Gasteiger partial charge in [-0.3, -0.25) is 14.5 Å². The van der Waals surface area contributed by atoms with Gasteiger partial charge in [0.05, 0.1) is 17.5 Å². The first kappa shape index (κ1) is 18.1. The number of aromatic nitrogens is 1. The Morgan fingerprint density at radius 1 is 1.21 bits per heavy atom. The van der Waals surface area contributed by atoms with Gasteiger partial charge in [0.15, 0.2) is 5.13 Å². The average molecular weight is 398 g/mol. The Hall–Kier alpha value is -3.26. The molecule has 8 heteroatoms. The predicted molar refractivity (Wildman–Crippen MR) is 101 cm³/mol. The summed E-state index contributed by atoms with van der Waals surface area (Å²) in [5.74, 6) is -2.22. The van der Waals surface area contributed by atoms with Crippen LogP contribution in [-0.4, -0.2) is 21.8 Å². The number of ketones is 1. The van der Waals surface area contributed by atoms with Crippen LogP contribution in [0.5, 0.6) is 0 Å². The van der Waals surface area contributed by atoms with Gasteiger partial charge in [-0.25, -0.2) is 9.37 Å². The van der Waals surface area contributed by atoms with Crippen molar-refractivity contribution in [2.75, 3.05) is 4.90 Å². The molecule has 0 saturated carbocycles. The molecule has 0 unspecified atom stereocenters. The number of carbonyl (C=O) groups excluding carboxylic acids is 2. The Morgan fingerprint density at radius 2 is 1.93 bits per heavy atom. The number of aliphatic hydroxyl groups excluding tert-OH is 1. The molecule has 0 aliphatic carbocycles. The number of halogens is 1. The quantitative estimate of drug-likeness (QED) is 0.408. The van der Waals surface area contributed by atoms with Crippen molar-refractivity contribution < 1.29 is 23.5 Å². The number of aliphatic hydroxyl groups is 1. The van der Waals surface area contributed by atoms with E-state index < -0.39 is 29.3 Å². The molecule has 3 aromatic rings. The number of thiazole rings is 1. The van der Waals surface area contributed by atoms with Crippen molar-refractivity contribution in [1.82, 2.24) is 4.98 Å². The highest BCUT2D eigenvalue weighted by molar-refractivity contribution is 7.16. The second kappa shape index (κ2) is 6.72. The van der Waals surface area contributed by atoms with Crippen LogP contribution in [-0.2, 0) is 9.59 Å². The zero-order valence-electron chi connectivity index (χ0n) is 15.0. The number of anilines is 1. The molecule has 0 radical (unpaired) electrons. The molecule has 28 heavy (non-hydrogen) atoms. The van der Waals surface area contributed by atoms with E-state index in [2.05, 4.69) is 4.98 Å². The maximum absolute atomic E-state index is 13.2. The molecule has 1 aliphatic rings. The molecule has 1 amide bonds. The van der Waals surface area contributed by atoms with E-state index in [0.29, 0.717) is 10.9 Å². The highest BCUT2D eigenvalue weighted by Crippen LogP contribution is 2.43. The summed E-state index contributed by atoms with van der Waals surface area (Å²) >= 11 is 1.28. The molecular weight excluding hydrogens is 383 g/mol. The number of furan rings is 1. The fourth-order valence-electron chi connectivity index (χ4n) is 3.07. The van der Waals surface area contributed by atoms with E-state index in [1.807, 2.05) is 13.8 Å². The molecule has 4 rings (SSSR count). The normalized spacial score (nSPS) is 18.8. The standard InChI is InChI=1S/C20H15FN2O4S/c1-10-11(2)28-20(22-10)23-16(14-4-3-9-27-14)15(18(25)19(23)26)17(24)12-5-7-13(21)8-6-12/h3-9,16,24H,1-2H3/t16-/m0/s1. The van der Waals surface area contributed by atoms with Crippen molar-refractivity contribution in [3.8, 4) is 0 Å². The zero-order valence-corrected chi connectivity index (χ0v) is 15.8. The van der Waals surface area contributed by atoms with Crippen molar-refractivity contribution in [2.45, 2.75) is 19.9 Å². The maximum atomic E-state index is 13.2. The summed E-state index contributed by atoms with van der Waals surface area (Å²) in [4.78, 5) is 32.2. The maximum Gasteiger partial charge on any atom is 0.302 e. The van der Waals surface area contributed by atoms with E-state index >= 15 is 0 Å². The lowest BCUT2D eigenvalue weighted by Crippen LogP contribution is -2.29. The van der Waals surface area contributed by atoms with E-state index in [0.717, 1.165) is 10.6 Å². The monoisotopic (exact) mass is 398 g/mol. The number of amides is 1. The van der Waals surface area contributed by atoms with Gasteiger partial charge in [0, 0.05) is 10.4 Å². The van der Waals surface area contributed by atoms with Gasteiger partial charge in [-0.15, -0.1) is 11.3 Å². The molecule has 6 nitrogen and oxygen atoms in total. The average Bonchev–Trinajstić information content (AvgIpc) is 3.36. The van der Waals surface area contributed by atoms with Crippen LogP contribution in [0.15, 0.2) is 52.7 Å². The highest BCUT2D eigenvalue weighted by atomic mass is 32.1. The Kier molecular flexibility index (Phi) is 4.35. The lowest BCUT2D eigenvalue weighted by atomic mass is 9.99. The molecule has 0 bridgehead atoms. The number of rotatable bonds is 3. The van der Waals surface area contributed by atoms with Gasteiger partial charge in [-0.05, 0) is 50.2 Å². The fourth-order valence-corrected chi connectivity index (χ4v) is 4.00. The molecule has 1 aliphatic heterocycles. The van der Waals surface area contributed by atoms with Gasteiger partial charge < -0.3 is 9.52 Å². The molecule has 1 N–H and O–H groups in total. The predicted octanol–water partition coefficient (Wildman–Crippen LogP) is 4.12. The first-order valence-electron chi connectivity index (χ1n) is 8.43. The number of hydrogen-bond donors (Lipinski definition) is 1. The highest BCUT2D eigenvalue weighted by Gasteiger charge is 2.49. The Morgan fingerprint density at radius 3 is 2.50 bits per heavy atom. The molecule has 142 valence electrons. The van der Waals surface area contributed by atoms with Crippen LogP contribution < -0.4 is 4.90 Å². The first-order valence-corrected chi connectivity index (χ1v) is 9.24. The summed E-state index contributed by atoms with van der Waals surface area (Å²) in [6, 6.07) is 7.30. The van der Waals surface area contributed by atoms with Gasteiger partial charge in [0.25, 0.3) is 5.78 Å². The molecule has 3 heterocycles. The van der Waals surface area contributed by atoms with Gasteiger partial charge >= 0.3 is 5.91 Å². The number of benzene rings is 1. The largest absolute Gasteiger partial charge is 0.507 e. The summed E-state index contributed by atoms with van der Waals surface area (Å²) in [5.41, 5.74) is 0.846. The van der Waals surface area contributed by atoms with Crippen molar-refractivity contribution >= 4 is 33.9 Å². The SMILES string of the molecule is Cc1nc(N2C(=O)C(=O)C(=C(O)c3ccc(F)cc3)[C@@H]2c2ccco2)sc1C. The van der Waals surface area contributed by atoms with E-state index in [-0.39, 0.29) is 11.1 Å². The van der Waals surface area contributed by atoms with Crippen molar-refractivity contribution in [2.24, 2.45) is 0 Å². The third kappa shape index (κ3) is 2.82. The van der Waals surface area contributed by atoms with Crippen LogP contribution >= 0.6 is 11.3 Å². The summed E-state index contributed by atoms with van der Waals surface area (Å²) in [6.07, 6.45) is 1.42. The van der Waals surface area contributed by atoms with E-state index in [4.69, 9.17) is 4.42 Å². The number of aryl methyl sites for hydroxylation is 2. The number of hydrogen-bond acceptors (Lipinski definition) is 6. The van der Waals surface area contributed by atoms with Crippen LogP contribution in [0, 0.1) is 19.7 Å². The Bertz CT molecular complexity index is 1080. The van der Waals surface area contributed by atoms with E-state index in [9.17, 15) is 19.1 Å². The van der Waals surface area contributed by atoms with Crippen LogP contribution in [0.3, 0.4) is 0 Å². The third-order valence-electron chi connectivity index (χ3n) is 4.60. The van der Waals surface area contributed by atoms with Crippen molar-refractivity contribution in [3.63, 3.8) is 0 Å². The third-order valence-corrected chi connectivity index (χ3v) is 5.67. The first-order chi connectivity index (χ1) is 13.4. The fraction of sp³-hybridized carbons (Fsp3) is 0.150. The smallest absolute Gasteiger partial charge is 0.302 e. The van der Waals surface area contributed by atoms with Gasteiger partial charge in [-0.1, -0.05) is 0 Å². The minimum absolute atomic E-state index is 0.128. The number of nitrogens with zero attached hydrogens (tertiary/aromatic N) is 2. The van der Waals surface area contributed by atoms with Gasteiger partial charge in [0.1, 0.15) is 23.4 Å². The lowest BCUT2D eigenvalue weighted by Gasteiger charge is -2.20. The number of Topliss-reactive ketones (excluding diaryl/α,β-unsaturated/α-hetero) is 1. The molecule has 1 saturated heterocycles. The second-order valence-corrected chi connectivity index (χ2v) is 7.51. The lowest BCUT2D eigenvalue weighted by molar-refractivity contribution is -0.132. The molecule has 1 atom stereocenters. The van der Waals surface area contributed by atoms with Crippen LogP contribution in [0.1, 0.15) is 27.9 Å². The molecule has 0 spiro atoms. The summed E-state index contributed by atoms with van der Waals surface area (Å²) in [7, 11) is 0.